The molecule has 0 N–H and O–H groups in total. The van der Waals surface area contributed by atoms with E-state index in [-0.39, 0.29) is 11.7 Å². The van der Waals surface area contributed by atoms with Gasteiger partial charge in [0.05, 0.1) is 29.8 Å². The Balaban J connectivity index is 1.38. The summed E-state index contributed by atoms with van der Waals surface area (Å²) in [4.78, 5) is 17.6. The van der Waals surface area contributed by atoms with Crippen LogP contribution >= 0.6 is 23.5 Å². The molecule has 2 aromatic heterocycles. The number of carbonyl (C=O) groups is 1. The standard InChI is InChI=1S/C26H20N4O2S2/c1-16-13-17-11-12-18(32-2)14-21(17)30-25(16)27-28-26(30)33-15-24(31)29-19-7-3-5-9-22(19)34-23-10-6-4-8-20(23)29/h3-14H,15H2,1-2H3. The summed E-state index contributed by atoms with van der Waals surface area (Å²) in [6.07, 6.45) is 0. The number of amides is 1. The molecule has 0 fully saturated rings. The highest BCUT2D eigenvalue weighted by Gasteiger charge is 2.28. The van der Waals surface area contributed by atoms with Crippen molar-refractivity contribution in [2.75, 3.05) is 17.8 Å². The average molecular weight is 485 g/mol. The van der Waals surface area contributed by atoms with Crippen molar-refractivity contribution in [3.05, 3.63) is 78.4 Å². The van der Waals surface area contributed by atoms with Crippen LogP contribution in [-0.2, 0) is 4.79 Å². The number of carbonyl (C=O) groups excluding carboxylic acids is 1. The van der Waals surface area contributed by atoms with Crippen LogP contribution in [0, 0.1) is 6.92 Å². The number of fused-ring (bicyclic) bond motifs is 5. The fraction of sp³-hybridized carbons (Fsp3) is 0.115. The first-order valence-corrected chi connectivity index (χ1v) is 12.6. The van der Waals surface area contributed by atoms with Gasteiger partial charge in [-0.15, -0.1) is 10.2 Å². The minimum Gasteiger partial charge on any atom is -0.497 e. The van der Waals surface area contributed by atoms with E-state index in [0.717, 1.165) is 49.0 Å². The molecule has 6 rings (SSSR count). The van der Waals surface area contributed by atoms with Crippen molar-refractivity contribution < 1.29 is 9.53 Å². The highest BCUT2D eigenvalue weighted by atomic mass is 32.2. The fourth-order valence-electron chi connectivity index (χ4n) is 4.26. The third kappa shape index (κ3) is 3.41. The molecule has 0 spiro atoms. The van der Waals surface area contributed by atoms with E-state index in [2.05, 4.69) is 28.4 Å². The summed E-state index contributed by atoms with van der Waals surface area (Å²) < 4.78 is 7.45. The highest BCUT2D eigenvalue weighted by molar-refractivity contribution is 8.00. The molecule has 8 heteroatoms. The fourth-order valence-corrected chi connectivity index (χ4v) is 6.12. The number of pyridine rings is 1. The van der Waals surface area contributed by atoms with E-state index in [9.17, 15) is 4.79 Å². The molecule has 34 heavy (non-hydrogen) atoms. The van der Waals surface area contributed by atoms with Crippen molar-refractivity contribution in [2.45, 2.75) is 21.9 Å². The number of methoxy groups -OCH3 is 1. The van der Waals surface area contributed by atoms with Crippen molar-refractivity contribution in [1.29, 1.82) is 0 Å². The van der Waals surface area contributed by atoms with Crippen LogP contribution in [-0.4, -0.2) is 33.4 Å². The summed E-state index contributed by atoms with van der Waals surface area (Å²) in [5.74, 6) is 0.988. The van der Waals surface area contributed by atoms with Gasteiger partial charge in [0.2, 0.25) is 5.91 Å². The van der Waals surface area contributed by atoms with Gasteiger partial charge in [-0.1, -0.05) is 47.8 Å². The molecule has 5 aromatic rings. The Bertz CT molecular complexity index is 1530. The number of hydrogen-bond donors (Lipinski definition) is 0. The monoisotopic (exact) mass is 484 g/mol. The summed E-state index contributed by atoms with van der Waals surface area (Å²) in [5, 5.41) is 10.6. The Kier molecular flexibility index (Phi) is 5.19. The molecule has 1 aliphatic rings. The van der Waals surface area contributed by atoms with Gasteiger partial charge in [0, 0.05) is 15.9 Å². The largest absolute Gasteiger partial charge is 0.497 e. The molecule has 6 nitrogen and oxygen atoms in total. The number of ether oxygens (including phenoxy) is 1. The SMILES string of the molecule is COc1ccc2cc(C)c3nnc(SCC(=O)N4c5ccccc5Sc5ccccc54)n3c2c1. The van der Waals surface area contributed by atoms with Crippen LogP contribution in [0.1, 0.15) is 5.56 Å². The van der Waals surface area contributed by atoms with E-state index in [1.165, 1.54) is 11.8 Å². The van der Waals surface area contributed by atoms with Gasteiger partial charge in [0.1, 0.15) is 5.75 Å². The van der Waals surface area contributed by atoms with E-state index in [4.69, 9.17) is 4.74 Å². The maximum Gasteiger partial charge on any atom is 0.242 e. The first-order valence-electron chi connectivity index (χ1n) is 10.8. The topological polar surface area (TPSA) is 59.7 Å². The number of para-hydroxylation sites is 2. The molecule has 1 amide bonds. The van der Waals surface area contributed by atoms with E-state index in [1.54, 1.807) is 18.9 Å². The first kappa shape index (κ1) is 21.1. The summed E-state index contributed by atoms with van der Waals surface area (Å²) >= 11 is 3.08. The lowest BCUT2D eigenvalue weighted by molar-refractivity contribution is -0.115. The smallest absolute Gasteiger partial charge is 0.242 e. The normalized spacial score (nSPS) is 12.6. The maximum atomic E-state index is 13.6. The molecule has 0 bridgehead atoms. The van der Waals surface area contributed by atoms with Crippen LogP contribution < -0.4 is 9.64 Å². The van der Waals surface area contributed by atoms with Crippen molar-refractivity contribution in [3.8, 4) is 5.75 Å². The van der Waals surface area contributed by atoms with Gasteiger partial charge in [0.25, 0.3) is 0 Å². The second kappa shape index (κ2) is 8.38. The number of aryl methyl sites for hydroxylation is 1. The Labute approximate surface area is 204 Å². The summed E-state index contributed by atoms with van der Waals surface area (Å²) in [6, 6.07) is 24.1. The van der Waals surface area contributed by atoms with Crippen LogP contribution in [0.4, 0.5) is 11.4 Å². The van der Waals surface area contributed by atoms with Crippen LogP contribution in [0.3, 0.4) is 0 Å². The zero-order valence-corrected chi connectivity index (χ0v) is 20.2. The minimum absolute atomic E-state index is 0.00325. The quantitative estimate of drug-likeness (QED) is 0.286. The molecule has 0 unspecified atom stereocenters. The van der Waals surface area contributed by atoms with Crippen LogP contribution in [0.5, 0.6) is 5.75 Å². The van der Waals surface area contributed by atoms with E-state index < -0.39 is 0 Å². The molecule has 0 aliphatic carbocycles. The zero-order valence-electron chi connectivity index (χ0n) is 18.6. The van der Waals surface area contributed by atoms with Gasteiger partial charge in [-0.3, -0.25) is 14.1 Å². The number of benzene rings is 3. The molecule has 0 atom stereocenters. The summed E-state index contributed by atoms with van der Waals surface area (Å²) in [5.41, 5.74) is 4.58. The minimum atomic E-state index is -0.00325. The Morgan fingerprint density at radius 2 is 1.68 bits per heavy atom. The summed E-state index contributed by atoms with van der Waals surface area (Å²) in [6.45, 7) is 2.02. The molecule has 168 valence electrons. The van der Waals surface area contributed by atoms with Crippen LogP contribution in [0.25, 0.3) is 16.6 Å². The van der Waals surface area contributed by atoms with Gasteiger partial charge in [-0.25, -0.2) is 0 Å². The number of rotatable bonds is 4. The molecule has 0 saturated heterocycles. The lowest BCUT2D eigenvalue weighted by Crippen LogP contribution is -2.30. The number of nitrogens with zero attached hydrogens (tertiary/aromatic N) is 4. The van der Waals surface area contributed by atoms with E-state index in [1.807, 2.05) is 70.8 Å². The second-order valence-electron chi connectivity index (χ2n) is 7.95. The molecule has 0 radical (unpaired) electrons. The third-order valence-electron chi connectivity index (χ3n) is 5.84. The average Bonchev–Trinajstić information content (AvgIpc) is 3.30. The van der Waals surface area contributed by atoms with Gasteiger partial charge >= 0.3 is 0 Å². The number of thioether (sulfide) groups is 1. The molecule has 0 saturated carbocycles. The summed E-state index contributed by atoms with van der Waals surface area (Å²) in [7, 11) is 1.65. The maximum absolute atomic E-state index is 13.6. The van der Waals surface area contributed by atoms with Gasteiger partial charge in [-0.2, -0.15) is 0 Å². The van der Waals surface area contributed by atoms with Crippen molar-refractivity contribution in [3.63, 3.8) is 0 Å². The molecule has 3 aromatic carbocycles. The van der Waals surface area contributed by atoms with Gasteiger partial charge in [-0.05, 0) is 60.3 Å². The zero-order chi connectivity index (χ0) is 23.2. The molecular weight excluding hydrogens is 464 g/mol. The lowest BCUT2D eigenvalue weighted by Gasteiger charge is -2.30. The highest BCUT2D eigenvalue weighted by Crippen LogP contribution is 2.48. The van der Waals surface area contributed by atoms with Crippen molar-refractivity contribution >= 4 is 57.4 Å². The predicted octanol–water partition coefficient (Wildman–Crippen LogP) is 6.12. The molecule has 1 aliphatic heterocycles. The first-order chi connectivity index (χ1) is 16.6. The lowest BCUT2D eigenvalue weighted by atomic mass is 10.1. The van der Waals surface area contributed by atoms with E-state index >= 15 is 0 Å². The van der Waals surface area contributed by atoms with Crippen molar-refractivity contribution in [2.24, 2.45) is 0 Å². The Hall–Kier alpha value is -3.49. The Morgan fingerprint density at radius 3 is 2.38 bits per heavy atom. The number of anilines is 2. The number of hydrogen-bond acceptors (Lipinski definition) is 6. The van der Waals surface area contributed by atoms with Crippen LogP contribution in [0.15, 0.2) is 87.7 Å². The van der Waals surface area contributed by atoms with Crippen LogP contribution in [0.2, 0.25) is 0 Å². The van der Waals surface area contributed by atoms with Gasteiger partial charge in [0.15, 0.2) is 10.8 Å². The molecule has 3 heterocycles. The van der Waals surface area contributed by atoms with E-state index in [0.29, 0.717) is 5.16 Å². The molecular formula is C26H20N4O2S2. The third-order valence-corrected chi connectivity index (χ3v) is 7.89. The van der Waals surface area contributed by atoms with Crippen molar-refractivity contribution in [1.82, 2.24) is 14.6 Å². The second-order valence-corrected chi connectivity index (χ2v) is 9.98. The Morgan fingerprint density at radius 1 is 0.971 bits per heavy atom. The predicted molar refractivity (Wildman–Crippen MR) is 137 cm³/mol. The van der Waals surface area contributed by atoms with Gasteiger partial charge < -0.3 is 4.74 Å². The number of aromatic nitrogens is 3.